The first-order valence-corrected chi connectivity index (χ1v) is 9.25. The smallest absolute Gasteiger partial charge is 0.376 e. The number of carbonyl (C=O) groups excluding carboxylic acids is 1. The van der Waals surface area contributed by atoms with E-state index in [1.807, 2.05) is 0 Å². The van der Waals surface area contributed by atoms with Gasteiger partial charge in [0.05, 0.1) is 23.8 Å². The van der Waals surface area contributed by atoms with Crippen molar-refractivity contribution in [1.82, 2.24) is 19.9 Å². The molecule has 11 heteroatoms. The van der Waals surface area contributed by atoms with Crippen LogP contribution in [-0.2, 0) is 16.1 Å². The molecule has 0 spiro atoms. The molecule has 0 aromatic carbocycles. The lowest BCUT2D eigenvalue weighted by Gasteiger charge is -2.16. The fraction of sp³-hybridized carbons (Fsp3) is 0.500. The third-order valence-electron chi connectivity index (χ3n) is 3.92. The standard InChI is InChI=1S/C16H17F3N4O3S/c17-16(18,19)9-21-12(24)8-27-15-22-13-11(4-1-5-20-13)14(25)23(15)7-10-3-2-6-26-10/h1,4-5,10H,2-3,6-9H2,(H,21,24)/t10-/m1/s1. The van der Waals surface area contributed by atoms with Crippen LogP contribution in [0.2, 0.25) is 0 Å². The molecular formula is C16H17F3N4O3S. The fourth-order valence-corrected chi connectivity index (χ4v) is 3.51. The number of carbonyl (C=O) groups is 1. The summed E-state index contributed by atoms with van der Waals surface area (Å²) in [6.07, 6.45) is -1.44. The summed E-state index contributed by atoms with van der Waals surface area (Å²) < 4.78 is 43.6. The molecule has 7 nitrogen and oxygen atoms in total. The van der Waals surface area contributed by atoms with Crippen molar-refractivity contribution in [2.45, 2.75) is 36.8 Å². The lowest BCUT2D eigenvalue weighted by atomic mass is 10.2. The van der Waals surface area contributed by atoms with Gasteiger partial charge in [0, 0.05) is 12.8 Å². The summed E-state index contributed by atoms with van der Waals surface area (Å²) in [5.74, 6) is -1.09. The van der Waals surface area contributed by atoms with Crippen LogP contribution in [0, 0.1) is 0 Å². The molecular weight excluding hydrogens is 385 g/mol. The molecule has 3 rings (SSSR count). The highest BCUT2D eigenvalue weighted by Crippen LogP contribution is 2.20. The van der Waals surface area contributed by atoms with E-state index >= 15 is 0 Å². The number of amides is 1. The average molecular weight is 402 g/mol. The van der Waals surface area contributed by atoms with Crippen LogP contribution in [0.4, 0.5) is 13.2 Å². The van der Waals surface area contributed by atoms with Gasteiger partial charge < -0.3 is 10.1 Å². The second kappa shape index (κ2) is 8.26. The zero-order valence-corrected chi connectivity index (χ0v) is 15.0. The van der Waals surface area contributed by atoms with Gasteiger partial charge in [-0.2, -0.15) is 13.2 Å². The fourth-order valence-electron chi connectivity index (χ4n) is 2.68. The second-order valence-corrected chi connectivity index (χ2v) is 6.94. The number of ether oxygens (including phenoxy) is 1. The third-order valence-corrected chi connectivity index (χ3v) is 4.90. The molecule has 0 saturated carbocycles. The number of thioether (sulfide) groups is 1. The van der Waals surface area contributed by atoms with Gasteiger partial charge in [-0.15, -0.1) is 0 Å². The molecule has 3 heterocycles. The zero-order valence-electron chi connectivity index (χ0n) is 14.2. The predicted molar refractivity (Wildman–Crippen MR) is 92.6 cm³/mol. The average Bonchev–Trinajstić information content (AvgIpc) is 3.13. The first kappa shape index (κ1) is 19.6. The van der Waals surface area contributed by atoms with Crippen molar-refractivity contribution in [3.8, 4) is 0 Å². The van der Waals surface area contributed by atoms with Gasteiger partial charge in [0.15, 0.2) is 10.8 Å². The molecule has 1 N–H and O–H groups in total. The van der Waals surface area contributed by atoms with Crippen molar-refractivity contribution in [2.24, 2.45) is 0 Å². The van der Waals surface area contributed by atoms with E-state index < -0.39 is 18.6 Å². The molecule has 2 aromatic heterocycles. The topological polar surface area (TPSA) is 86.1 Å². The van der Waals surface area contributed by atoms with Crippen LogP contribution in [0.15, 0.2) is 28.3 Å². The third kappa shape index (κ3) is 5.19. The molecule has 27 heavy (non-hydrogen) atoms. The maximum Gasteiger partial charge on any atom is 0.405 e. The van der Waals surface area contributed by atoms with E-state index in [4.69, 9.17) is 4.74 Å². The molecule has 0 bridgehead atoms. The number of nitrogens with zero attached hydrogens (tertiary/aromatic N) is 3. The van der Waals surface area contributed by atoms with Gasteiger partial charge in [-0.1, -0.05) is 11.8 Å². The van der Waals surface area contributed by atoms with E-state index in [1.165, 1.54) is 10.8 Å². The summed E-state index contributed by atoms with van der Waals surface area (Å²) in [7, 11) is 0. The Balaban J connectivity index is 1.81. The Morgan fingerprint density at radius 1 is 1.44 bits per heavy atom. The van der Waals surface area contributed by atoms with E-state index in [0.29, 0.717) is 12.0 Å². The number of nitrogens with one attached hydrogen (secondary N) is 1. The van der Waals surface area contributed by atoms with Crippen LogP contribution in [0.25, 0.3) is 11.0 Å². The Morgan fingerprint density at radius 3 is 2.96 bits per heavy atom. The van der Waals surface area contributed by atoms with Gasteiger partial charge in [-0.25, -0.2) is 9.97 Å². The summed E-state index contributed by atoms with van der Waals surface area (Å²) in [6, 6.07) is 3.23. The molecule has 1 amide bonds. The number of pyridine rings is 1. The Hall–Kier alpha value is -2.14. The van der Waals surface area contributed by atoms with Gasteiger partial charge in [0.25, 0.3) is 5.56 Å². The molecule has 0 unspecified atom stereocenters. The van der Waals surface area contributed by atoms with E-state index in [1.54, 1.807) is 17.4 Å². The van der Waals surface area contributed by atoms with Crippen LogP contribution in [0.1, 0.15) is 12.8 Å². The lowest BCUT2D eigenvalue weighted by molar-refractivity contribution is -0.136. The second-order valence-electron chi connectivity index (χ2n) is 6.00. The first-order chi connectivity index (χ1) is 12.8. The summed E-state index contributed by atoms with van der Waals surface area (Å²) in [6.45, 7) is -0.519. The zero-order chi connectivity index (χ0) is 19.4. The highest BCUT2D eigenvalue weighted by molar-refractivity contribution is 7.99. The summed E-state index contributed by atoms with van der Waals surface area (Å²) in [4.78, 5) is 32.9. The predicted octanol–water partition coefficient (Wildman–Crippen LogP) is 1.74. The van der Waals surface area contributed by atoms with Gasteiger partial charge in [-0.3, -0.25) is 14.2 Å². The summed E-state index contributed by atoms with van der Waals surface area (Å²) in [5.41, 5.74) is -0.0916. The number of hydrogen-bond donors (Lipinski definition) is 1. The van der Waals surface area contributed by atoms with Crippen molar-refractivity contribution in [3.05, 3.63) is 28.7 Å². The number of fused-ring (bicyclic) bond motifs is 1. The molecule has 1 fully saturated rings. The van der Waals surface area contributed by atoms with Crippen molar-refractivity contribution in [1.29, 1.82) is 0 Å². The van der Waals surface area contributed by atoms with Gasteiger partial charge in [0.1, 0.15) is 6.54 Å². The van der Waals surface area contributed by atoms with E-state index in [2.05, 4.69) is 9.97 Å². The Kier molecular flexibility index (Phi) is 6.00. The highest BCUT2D eigenvalue weighted by atomic mass is 32.2. The molecule has 1 aliphatic heterocycles. The normalized spacial score (nSPS) is 17.4. The highest BCUT2D eigenvalue weighted by Gasteiger charge is 2.28. The Morgan fingerprint density at radius 2 is 2.26 bits per heavy atom. The molecule has 2 aromatic rings. The molecule has 146 valence electrons. The number of halogens is 3. The maximum absolute atomic E-state index is 12.8. The van der Waals surface area contributed by atoms with Crippen molar-refractivity contribution >= 4 is 28.7 Å². The van der Waals surface area contributed by atoms with Gasteiger partial charge in [-0.05, 0) is 25.0 Å². The summed E-state index contributed by atoms with van der Waals surface area (Å²) in [5, 5.41) is 2.36. The minimum atomic E-state index is -4.48. The monoisotopic (exact) mass is 402 g/mol. The summed E-state index contributed by atoms with van der Waals surface area (Å²) >= 11 is 0.895. The number of aromatic nitrogens is 3. The molecule has 1 atom stereocenters. The Bertz CT molecular complexity index is 881. The molecule has 1 saturated heterocycles. The van der Waals surface area contributed by atoms with Gasteiger partial charge >= 0.3 is 6.18 Å². The van der Waals surface area contributed by atoms with Crippen LogP contribution < -0.4 is 10.9 Å². The van der Waals surface area contributed by atoms with E-state index in [0.717, 1.165) is 24.6 Å². The lowest BCUT2D eigenvalue weighted by Crippen LogP contribution is -2.35. The molecule has 0 aliphatic carbocycles. The molecule has 1 aliphatic rings. The minimum Gasteiger partial charge on any atom is -0.376 e. The van der Waals surface area contributed by atoms with Crippen molar-refractivity contribution < 1.29 is 22.7 Å². The van der Waals surface area contributed by atoms with Gasteiger partial charge in [0.2, 0.25) is 5.91 Å². The first-order valence-electron chi connectivity index (χ1n) is 8.27. The number of alkyl halides is 3. The Labute approximate surface area is 156 Å². The van der Waals surface area contributed by atoms with Crippen LogP contribution in [-0.4, -0.2) is 51.6 Å². The largest absolute Gasteiger partial charge is 0.405 e. The van der Waals surface area contributed by atoms with Crippen molar-refractivity contribution in [3.63, 3.8) is 0 Å². The van der Waals surface area contributed by atoms with Crippen molar-refractivity contribution in [2.75, 3.05) is 18.9 Å². The van der Waals surface area contributed by atoms with Crippen LogP contribution in [0.5, 0.6) is 0 Å². The van der Waals surface area contributed by atoms with Crippen LogP contribution >= 0.6 is 11.8 Å². The number of rotatable bonds is 6. The SMILES string of the molecule is O=C(CSc1nc2ncccc2c(=O)n1C[C@H]1CCCO1)NCC(F)(F)F. The maximum atomic E-state index is 12.8. The van der Waals surface area contributed by atoms with Crippen LogP contribution in [0.3, 0.4) is 0 Å². The molecule has 0 radical (unpaired) electrons. The quantitative estimate of drug-likeness (QED) is 0.585. The van der Waals surface area contributed by atoms with E-state index in [9.17, 15) is 22.8 Å². The minimum absolute atomic E-state index is 0.142. The van der Waals surface area contributed by atoms with E-state index in [-0.39, 0.29) is 34.8 Å². The number of hydrogen-bond acceptors (Lipinski definition) is 6.